The van der Waals surface area contributed by atoms with E-state index >= 15 is 0 Å². The van der Waals surface area contributed by atoms with E-state index in [9.17, 15) is 18.0 Å². The fourth-order valence-corrected chi connectivity index (χ4v) is 3.01. The molecule has 28 heavy (non-hydrogen) atoms. The van der Waals surface area contributed by atoms with Crippen molar-refractivity contribution < 1.29 is 18.0 Å². The molecule has 1 aliphatic heterocycles. The van der Waals surface area contributed by atoms with Crippen LogP contribution in [0, 0.1) is 0 Å². The minimum absolute atomic E-state index is 0.0472. The minimum atomic E-state index is -5.00. The largest absolute Gasteiger partial charge is 0.471 e. The Morgan fingerprint density at radius 1 is 1.25 bits per heavy atom. The van der Waals surface area contributed by atoms with Crippen molar-refractivity contribution >= 4 is 28.8 Å². The molecule has 2 aromatic rings. The number of aryl methyl sites for hydroxylation is 1. The van der Waals surface area contributed by atoms with Crippen molar-refractivity contribution in [2.45, 2.75) is 32.4 Å². The second kappa shape index (κ2) is 8.32. The number of amides is 1. The normalized spacial score (nSPS) is 14.6. The van der Waals surface area contributed by atoms with Gasteiger partial charge in [0.1, 0.15) is 5.69 Å². The maximum absolute atomic E-state index is 12.8. The van der Waals surface area contributed by atoms with Crippen molar-refractivity contribution in [2.75, 3.05) is 23.3 Å². The van der Waals surface area contributed by atoms with Gasteiger partial charge in [-0.05, 0) is 43.9 Å². The number of carbonyl (C=O) groups excluding carboxylic acids is 1. The van der Waals surface area contributed by atoms with Crippen molar-refractivity contribution in [3.63, 3.8) is 0 Å². The number of hydrogen-bond donors (Lipinski definition) is 1. The molecule has 0 unspecified atom stereocenters. The van der Waals surface area contributed by atoms with E-state index in [4.69, 9.17) is 0 Å². The molecule has 1 N–H and O–H groups in total. The number of nitrogens with zero attached hydrogens (tertiary/aromatic N) is 5. The Hall–Kier alpha value is -3.04. The fraction of sp³-hybridized carbons (Fsp3) is 0.389. The molecule has 3 rings (SSSR count). The molecular weight excluding hydrogens is 373 g/mol. The van der Waals surface area contributed by atoms with Gasteiger partial charge in [-0.15, -0.1) is 10.2 Å². The van der Waals surface area contributed by atoms with E-state index < -0.39 is 12.1 Å². The lowest BCUT2D eigenvalue weighted by molar-refractivity contribution is -0.167. The number of halogens is 3. The third kappa shape index (κ3) is 4.62. The molecule has 7 nitrogen and oxygen atoms in total. The molecule has 0 fully saturated rings. The van der Waals surface area contributed by atoms with E-state index in [1.807, 2.05) is 12.2 Å². The molecule has 1 amide bonds. The summed E-state index contributed by atoms with van der Waals surface area (Å²) in [5, 5.41) is 9.87. The van der Waals surface area contributed by atoms with Crippen LogP contribution in [-0.2, 0) is 11.2 Å². The van der Waals surface area contributed by atoms with Gasteiger partial charge in [-0.25, -0.2) is 4.98 Å². The Morgan fingerprint density at radius 2 is 2.07 bits per heavy atom. The third-order valence-corrected chi connectivity index (χ3v) is 4.36. The molecule has 10 heteroatoms. The first-order valence-corrected chi connectivity index (χ1v) is 8.86. The predicted molar refractivity (Wildman–Crippen MR) is 98.2 cm³/mol. The number of rotatable bonds is 4. The third-order valence-electron chi connectivity index (χ3n) is 4.36. The highest BCUT2D eigenvalue weighted by atomic mass is 19.4. The van der Waals surface area contributed by atoms with Crippen molar-refractivity contribution in [3.05, 3.63) is 36.3 Å². The topological polar surface area (TPSA) is 82.8 Å². The molecule has 0 saturated carbocycles. The Kier molecular flexibility index (Phi) is 5.86. The number of benzene rings is 1. The standard InChI is InChI=1S/C18H19F3N6O/c1-2-27-8-4-3-5-12-9-14(25-26-16-11-22-6-7-23-16)13(10-15(12)27)24-17(28)18(19,20)21/h6-7,9-11H,2-5,8H2,1H3,(H,24,28). The van der Waals surface area contributed by atoms with E-state index in [2.05, 4.69) is 25.1 Å². The maximum atomic E-state index is 12.8. The van der Waals surface area contributed by atoms with Gasteiger partial charge < -0.3 is 10.2 Å². The van der Waals surface area contributed by atoms with E-state index in [1.54, 1.807) is 12.1 Å². The van der Waals surface area contributed by atoms with Gasteiger partial charge in [0, 0.05) is 31.2 Å². The van der Waals surface area contributed by atoms with Crippen LogP contribution in [-0.4, -0.2) is 35.1 Å². The van der Waals surface area contributed by atoms with Crippen LogP contribution in [0.15, 0.2) is 41.0 Å². The van der Waals surface area contributed by atoms with E-state index in [-0.39, 0.29) is 17.2 Å². The van der Waals surface area contributed by atoms with Crippen molar-refractivity contribution in [2.24, 2.45) is 10.2 Å². The van der Waals surface area contributed by atoms with Crippen LogP contribution < -0.4 is 10.2 Å². The molecule has 1 aromatic carbocycles. The first kappa shape index (κ1) is 19.7. The zero-order chi connectivity index (χ0) is 20.1. The summed E-state index contributed by atoms with van der Waals surface area (Å²) in [6, 6.07) is 3.22. The summed E-state index contributed by atoms with van der Waals surface area (Å²) in [5.74, 6) is -1.85. The van der Waals surface area contributed by atoms with Crippen LogP contribution in [0.1, 0.15) is 25.3 Å². The lowest BCUT2D eigenvalue weighted by atomic mass is 10.1. The van der Waals surface area contributed by atoms with E-state index in [0.29, 0.717) is 6.54 Å². The Balaban J connectivity index is 2.03. The van der Waals surface area contributed by atoms with Crippen LogP contribution in [0.4, 0.5) is 36.1 Å². The number of hydrogen-bond acceptors (Lipinski definition) is 6. The summed E-state index contributed by atoms with van der Waals surface area (Å²) < 4.78 is 38.3. The lowest BCUT2D eigenvalue weighted by Gasteiger charge is -2.24. The second-order valence-electron chi connectivity index (χ2n) is 6.25. The van der Waals surface area contributed by atoms with Crippen LogP contribution in [0.3, 0.4) is 0 Å². The first-order chi connectivity index (χ1) is 13.4. The minimum Gasteiger partial charge on any atom is -0.372 e. The number of anilines is 2. The van der Waals surface area contributed by atoms with Crippen molar-refractivity contribution in [3.8, 4) is 0 Å². The van der Waals surface area contributed by atoms with Gasteiger partial charge in [-0.3, -0.25) is 9.78 Å². The van der Waals surface area contributed by atoms with Crippen molar-refractivity contribution in [1.29, 1.82) is 0 Å². The van der Waals surface area contributed by atoms with Crippen LogP contribution in [0.25, 0.3) is 0 Å². The Labute approximate surface area is 159 Å². The van der Waals surface area contributed by atoms with Crippen LogP contribution >= 0.6 is 0 Å². The summed E-state index contributed by atoms with van der Waals surface area (Å²) in [5.41, 5.74) is 1.85. The zero-order valence-corrected chi connectivity index (χ0v) is 15.2. The number of alkyl halides is 3. The summed E-state index contributed by atoms with van der Waals surface area (Å²) >= 11 is 0. The highest BCUT2D eigenvalue weighted by molar-refractivity contribution is 5.98. The quantitative estimate of drug-likeness (QED) is 0.774. The molecule has 0 bridgehead atoms. The van der Waals surface area contributed by atoms with Crippen LogP contribution in [0.2, 0.25) is 0 Å². The monoisotopic (exact) mass is 392 g/mol. The van der Waals surface area contributed by atoms with Crippen LogP contribution in [0.5, 0.6) is 0 Å². The highest BCUT2D eigenvalue weighted by Crippen LogP contribution is 2.37. The zero-order valence-electron chi connectivity index (χ0n) is 15.2. The van der Waals surface area contributed by atoms with Gasteiger partial charge in [-0.1, -0.05) is 0 Å². The Bertz CT molecular complexity index is 870. The molecule has 0 radical (unpaired) electrons. The number of nitrogens with one attached hydrogen (secondary N) is 1. The number of azo groups is 1. The maximum Gasteiger partial charge on any atom is 0.471 e. The van der Waals surface area contributed by atoms with E-state index in [1.165, 1.54) is 18.6 Å². The molecule has 148 valence electrons. The second-order valence-corrected chi connectivity index (χ2v) is 6.25. The average Bonchev–Trinajstić information content (AvgIpc) is 2.87. The lowest BCUT2D eigenvalue weighted by Crippen LogP contribution is -2.30. The van der Waals surface area contributed by atoms with Gasteiger partial charge in [-0.2, -0.15) is 13.2 Å². The van der Waals surface area contributed by atoms with E-state index in [0.717, 1.165) is 37.1 Å². The average molecular weight is 392 g/mol. The SMILES string of the molecule is CCN1CCCCc2cc(N=Nc3cnccn3)c(NC(=O)C(F)(F)F)cc21. The predicted octanol–water partition coefficient (Wildman–Crippen LogP) is 4.56. The molecule has 2 heterocycles. The number of aromatic nitrogens is 2. The summed E-state index contributed by atoms with van der Waals surface area (Å²) in [6.45, 7) is 3.49. The van der Waals surface area contributed by atoms with Gasteiger partial charge in [0.25, 0.3) is 0 Å². The van der Waals surface area contributed by atoms with Gasteiger partial charge >= 0.3 is 12.1 Å². The molecule has 0 spiro atoms. The molecule has 0 aliphatic carbocycles. The molecule has 0 atom stereocenters. The number of carbonyl (C=O) groups is 1. The molecule has 1 aromatic heterocycles. The van der Waals surface area contributed by atoms with Crippen molar-refractivity contribution in [1.82, 2.24) is 9.97 Å². The molecular formula is C18H19F3N6O. The molecule has 1 aliphatic rings. The van der Waals surface area contributed by atoms with Gasteiger partial charge in [0.05, 0.1) is 11.9 Å². The summed E-state index contributed by atoms with van der Waals surface area (Å²) in [7, 11) is 0. The summed E-state index contributed by atoms with van der Waals surface area (Å²) in [6.07, 6.45) is 1.97. The Morgan fingerprint density at radius 3 is 2.75 bits per heavy atom. The fourth-order valence-electron chi connectivity index (χ4n) is 3.01. The smallest absolute Gasteiger partial charge is 0.372 e. The number of fused-ring (bicyclic) bond motifs is 1. The van der Waals surface area contributed by atoms with Gasteiger partial charge in [0.2, 0.25) is 0 Å². The summed E-state index contributed by atoms with van der Waals surface area (Å²) in [4.78, 5) is 21.4. The highest BCUT2D eigenvalue weighted by Gasteiger charge is 2.39. The molecule has 0 saturated heterocycles. The van der Waals surface area contributed by atoms with Gasteiger partial charge in [0.15, 0.2) is 5.82 Å². The first-order valence-electron chi connectivity index (χ1n) is 8.86.